The van der Waals surface area contributed by atoms with E-state index in [1.54, 1.807) is 19.2 Å². The van der Waals surface area contributed by atoms with E-state index in [-0.39, 0.29) is 11.9 Å². The van der Waals surface area contributed by atoms with Gasteiger partial charge in [0.05, 0.1) is 6.61 Å². The van der Waals surface area contributed by atoms with Crippen LogP contribution in [0.4, 0.5) is 4.39 Å². The fourth-order valence-corrected chi connectivity index (χ4v) is 1.91. The predicted molar refractivity (Wildman–Crippen MR) is 80.5 cm³/mol. The maximum absolute atomic E-state index is 14.1. The molecule has 0 atom stereocenters. The first-order valence-electron chi connectivity index (χ1n) is 6.86. The lowest BCUT2D eigenvalue weighted by Crippen LogP contribution is -2.33. The maximum atomic E-state index is 14.1. The van der Waals surface area contributed by atoms with Gasteiger partial charge in [0.2, 0.25) is 0 Å². The number of rotatable bonds is 8. The predicted octanol–water partition coefficient (Wildman–Crippen LogP) is 2.78. The van der Waals surface area contributed by atoms with Crippen molar-refractivity contribution in [2.45, 2.75) is 26.4 Å². The molecule has 5 heteroatoms. The summed E-state index contributed by atoms with van der Waals surface area (Å²) in [6.45, 7) is 5.93. The molecule has 0 amide bonds. The quantitative estimate of drug-likeness (QED) is 0.749. The molecular weight excluding hydrogens is 273 g/mol. The summed E-state index contributed by atoms with van der Waals surface area (Å²) in [5, 5.41) is 8.56. The van der Waals surface area contributed by atoms with E-state index in [9.17, 15) is 9.18 Å². The van der Waals surface area contributed by atoms with E-state index in [4.69, 9.17) is 9.84 Å². The number of ether oxygens (including phenoxy) is 1. The largest absolute Gasteiger partial charge is 0.478 e. The molecule has 4 nitrogen and oxygen atoms in total. The standard InChI is InChI=1S/C16H22FNO3/c1-12(2)18(8-9-21-3)11-14-6-4-13(10-15(14)17)5-7-16(19)20/h4-7,10,12H,8-9,11H2,1-3H3,(H,19,20)/b7-5+. The Morgan fingerprint density at radius 1 is 1.48 bits per heavy atom. The Bertz CT molecular complexity index is 500. The van der Waals surface area contributed by atoms with Gasteiger partial charge in [0.25, 0.3) is 0 Å². The number of carboxylic acids is 1. The molecule has 116 valence electrons. The lowest BCUT2D eigenvalue weighted by molar-refractivity contribution is -0.131. The van der Waals surface area contributed by atoms with Crippen LogP contribution in [-0.4, -0.2) is 42.3 Å². The van der Waals surface area contributed by atoms with E-state index in [1.807, 2.05) is 0 Å². The van der Waals surface area contributed by atoms with Crippen LogP contribution >= 0.6 is 0 Å². The molecule has 0 aliphatic carbocycles. The van der Waals surface area contributed by atoms with Gasteiger partial charge in [-0.15, -0.1) is 0 Å². The molecule has 0 aliphatic heterocycles. The highest BCUT2D eigenvalue weighted by Crippen LogP contribution is 2.15. The Balaban J connectivity index is 2.81. The van der Waals surface area contributed by atoms with E-state index in [0.717, 1.165) is 12.6 Å². The van der Waals surface area contributed by atoms with Gasteiger partial charge in [-0.1, -0.05) is 12.1 Å². The van der Waals surface area contributed by atoms with Crippen LogP contribution in [0.25, 0.3) is 6.08 Å². The minimum absolute atomic E-state index is 0.283. The van der Waals surface area contributed by atoms with Gasteiger partial charge in [0.1, 0.15) is 5.82 Å². The molecule has 0 aromatic heterocycles. The number of hydrogen-bond acceptors (Lipinski definition) is 3. The molecular formula is C16H22FNO3. The van der Waals surface area contributed by atoms with Crippen molar-refractivity contribution < 1.29 is 19.0 Å². The summed E-state index contributed by atoms with van der Waals surface area (Å²) in [5.41, 5.74) is 1.12. The molecule has 0 radical (unpaired) electrons. The van der Waals surface area contributed by atoms with E-state index in [1.165, 1.54) is 12.1 Å². The van der Waals surface area contributed by atoms with Crippen LogP contribution in [0.1, 0.15) is 25.0 Å². The molecule has 0 unspecified atom stereocenters. The third kappa shape index (κ3) is 6.06. The molecule has 0 bridgehead atoms. The number of hydrogen-bond donors (Lipinski definition) is 1. The van der Waals surface area contributed by atoms with Crippen molar-refractivity contribution >= 4 is 12.0 Å². The Kier molecular flexibility index (Phi) is 7.05. The molecule has 0 fully saturated rings. The number of nitrogens with zero attached hydrogens (tertiary/aromatic N) is 1. The van der Waals surface area contributed by atoms with Gasteiger partial charge in [-0.05, 0) is 31.6 Å². The van der Waals surface area contributed by atoms with Crippen molar-refractivity contribution in [1.82, 2.24) is 4.90 Å². The number of carboxylic acid groups (broad SMARTS) is 1. The number of benzene rings is 1. The fraction of sp³-hybridized carbons (Fsp3) is 0.438. The highest BCUT2D eigenvalue weighted by Gasteiger charge is 2.12. The van der Waals surface area contributed by atoms with Crippen LogP contribution in [0.3, 0.4) is 0 Å². The zero-order chi connectivity index (χ0) is 15.8. The summed E-state index contributed by atoms with van der Waals surface area (Å²) in [6.07, 6.45) is 2.37. The molecule has 21 heavy (non-hydrogen) atoms. The smallest absolute Gasteiger partial charge is 0.328 e. The summed E-state index contributed by atoms with van der Waals surface area (Å²) in [5.74, 6) is -1.38. The highest BCUT2D eigenvalue weighted by atomic mass is 19.1. The van der Waals surface area contributed by atoms with Crippen LogP contribution in [0, 0.1) is 5.82 Å². The first kappa shape index (κ1) is 17.3. The van der Waals surface area contributed by atoms with Gasteiger partial charge >= 0.3 is 5.97 Å². The van der Waals surface area contributed by atoms with Crippen molar-refractivity contribution in [3.63, 3.8) is 0 Å². The van der Waals surface area contributed by atoms with Gasteiger partial charge in [-0.25, -0.2) is 9.18 Å². The number of carbonyl (C=O) groups is 1. The van der Waals surface area contributed by atoms with Gasteiger partial charge in [-0.3, -0.25) is 4.90 Å². The van der Waals surface area contributed by atoms with Gasteiger partial charge in [0.15, 0.2) is 0 Å². The second-order valence-corrected chi connectivity index (χ2v) is 5.08. The third-order valence-electron chi connectivity index (χ3n) is 3.18. The molecule has 0 saturated carbocycles. The minimum Gasteiger partial charge on any atom is -0.478 e. The third-order valence-corrected chi connectivity index (χ3v) is 3.18. The van der Waals surface area contributed by atoms with Crippen LogP contribution in [0.5, 0.6) is 0 Å². The Morgan fingerprint density at radius 2 is 2.19 bits per heavy atom. The molecule has 0 aliphatic rings. The first-order valence-corrected chi connectivity index (χ1v) is 6.86. The van der Waals surface area contributed by atoms with Crippen molar-refractivity contribution in [3.8, 4) is 0 Å². The van der Waals surface area contributed by atoms with Crippen LogP contribution in [0.15, 0.2) is 24.3 Å². The molecule has 1 N–H and O–H groups in total. The molecule has 1 rings (SSSR count). The molecule has 0 heterocycles. The average molecular weight is 295 g/mol. The normalized spacial score (nSPS) is 11.7. The number of halogens is 1. The Labute approximate surface area is 124 Å². The summed E-state index contributed by atoms with van der Waals surface area (Å²) in [4.78, 5) is 12.6. The topological polar surface area (TPSA) is 49.8 Å². The van der Waals surface area contributed by atoms with Crippen LogP contribution in [-0.2, 0) is 16.1 Å². The van der Waals surface area contributed by atoms with Gasteiger partial charge in [-0.2, -0.15) is 0 Å². The monoisotopic (exact) mass is 295 g/mol. The lowest BCUT2D eigenvalue weighted by atomic mass is 10.1. The number of aliphatic carboxylic acids is 1. The second kappa shape index (κ2) is 8.54. The zero-order valence-electron chi connectivity index (χ0n) is 12.7. The average Bonchev–Trinajstić information content (AvgIpc) is 2.42. The highest BCUT2D eigenvalue weighted by molar-refractivity contribution is 5.85. The van der Waals surface area contributed by atoms with E-state index >= 15 is 0 Å². The van der Waals surface area contributed by atoms with Gasteiger partial charge in [0, 0.05) is 37.9 Å². The SMILES string of the molecule is COCCN(Cc1ccc(/C=C/C(=O)O)cc1F)C(C)C. The van der Waals surface area contributed by atoms with E-state index in [2.05, 4.69) is 18.7 Å². The van der Waals surface area contributed by atoms with Crippen molar-refractivity contribution in [1.29, 1.82) is 0 Å². The summed E-state index contributed by atoms with van der Waals surface area (Å²) in [7, 11) is 1.64. The van der Waals surface area contributed by atoms with E-state index in [0.29, 0.717) is 24.3 Å². The van der Waals surface area contributed by atoms with Crippen LogP contribution < -0.4 is 0 Å². The second-order valence-electron chi connectivity index (χ2n) is 5.08. The molecule has 0 spiro atoms. The molecule has 1 aromatic rings. The summed E-state index contributed by atoms with van der Waals surface area (Å²) < 4.78 is 19.1. The van der Waals surface area contributed by atoms with Crippen LogP contribution in [0.2, 0.25) is 0 Å². The fourth-order valence-electron chi connectivity index (χ4n) is 1.91. The lowest BCUT2D eigenvalue weighted by Gasteiger charge is -2.26. The number of methoxy groups -OCH3 is 1. The van der Waals surface area contributed by atoms with E-state index < -0.39 is 5.97 Å². The molecule has 0 saturated heterocycles. The first-order chi connectivity index (χ1) is 9.93. The summed E-state index contributed by atoms with van der Waals surface area (Å²) in [6, 6.07) is 5.04. The zero-order valence-corrected chi connectivity index (χ0v) is 12.7. The molecule has 1 aromatic carbocycles. The van der Waals surface area contributed by atoms with Crippen molar-refractivity contribution in [2.24, 2.45) is 0 Å². The Morgan fingerprint density at radius 3 is 2.71 bits per heavy atom. The minimum atomic E-state index is -1.05. The summed E-state index contributed by atoms with van der Waals surface area (Å²) >= 11 is 0. The van der Waals surface area contributed by atoms with Crippen molar-refractivity contribution in [3.05, 3.63) is 41.2 Å². The van der Waals surface area contributed by atoms with Gasteiger partial charge < -0.3 is 9.84 Å². The Hall–Kier alpha value is -1.72. The maximum Gasteiger partial charge on any atom is 0.328 e. The van der Waals surface area contributed by atoms with Crippen molar-refractivity contribution in [2.75, 3.05) is 20.3 Å².